The van der Waals surface area contributed by atoms with Crippen LogP contribution in [-0.4, -0.2) is 15.0 Å². The van der Waals surface area contributed by atoms with E-state index in [0.29, 0.717) is 12.0 Å². The van der Waals surface area contributed by atoms with Gasteiger partial charge in [0.2, 0.25) is 10.0 Å². The van der Waals surface area contributed by atoms with Gasteiger partial charge in [-0.1, -0.05) is 25.7 Å². The van der Waals surface area contributed by atoms with Crippen molar-refractivity contribution in [3.05, 3.63) is 28.2 Å². The highest BCUT2D eigenvalue weighted by molar-refractivity contribution is 9.10. The molecule has 0 radical (unpaired) electrons. The lowest BCUT2D eigenvalue weighted by molar-refractivity contribution is 0.493. The average molecular weight is 368 g/mol. The molecule has 0 amide bonds. The first-order chi connectivity index (χ1) is 9.40. The molecule has 1 aromatic carbocycles. The summed E-state index contributed by atoms with van der Waals surface area (Å²) in [5, 5.41) is 0. The molecule has 0 unspecified atom stereocenters. The second-order valence-electron chi connectivity index (χ2n) is 5.04. The molecule has 1 aliphatic carbocycles. The van der Waals surface area contributed by atoms with Crippen molar-refractivity contribution >= 4 is 26.0 Å². The third-order valence-electron chi connectivity index (χ3n) is 3.55. The monoisotopic (exact) mass is 367 g/mol. The van der Waals surface area contributed by atoms with E-state index in [1.54, 1.807) is 0 Å². The fourth-order valence-corrected chi connectivity index (χ4v) is 4.76. The topological polar surface area (TPSA) is 46.2 Å². The van der Waals surface area contributed by atoms with Crippen molar-refractivity contribution < 1.29 is 17.2 Å². The smallest absolute Gasteiger partial charge is 0.211 e. The summed E-state index contributed by atoms with van der Waals surface area (Å²) < 4.78 is 53.0. The summed E-state index contributed by atoms with van der Waals surface area (Å²) >= 11 is 2.89. The second-order valence-corrected chi connectivity index (χ2v) is 7.59. The van der Waals surface area contributed by atoms with E-state index in [1.165, 1.54) is 12.8 Å². The molecule has 1 aromatic rings. The van der Waals surface area contributed by atoms with Crippen LogP contribution in [0.25, 0.3) is 0 Å². The van der Waals surface area contributed by atoms with Crippen molar-refractivity contribution in [3.63, 3.8) is 0 Å². The summed E-state index contributed by atoms with van der Waals surface area (Å²) in [5.41, 5.74) is 0. The summed E-state index contributed by atoms with van der Waals surface area (Å²) in [7, 11) is -3.97. The van der Waals surface area contributed by atoms with Crippen LogP contribution >= 0.6 is 15.9 Å². The van der Waals surface area contributed by atoms with E-state index in [0.717, 1.165) is 25.3 Å². The van der Waals surface area contributed by atoms with Crippen LogP contribution in [0, 0.1) is 17.6 Å². The maximum atomic E-state index is 13.6. The SMILES string of the molecule is O=S(=O)(NCCC1CCCC1)c1c(F)cc(F)cc1Br. The van der Waals surface area contributed by atoms with Gasteiger partial charge in [-0.05, 0) is 34.3 Å². The van der Waals surface area contributed by atoms with Crippen LogP contribution < -0.4 is 4.72 Å². The maximum Gasteiger partial charge on any atom is 0.244 e. The van der Waals surface area contributed by atoms with Crippen molar-refractivity contribution in [2.24, 2.45) is 5.92 Å². The molecule has 0 saturated heterocycles. The molecule has 0 aliphatic heterocycles. The van der Waals surface area contributed by atoms with Crippen LogP contribution in [0.15, 0.2) is 21.5 Å². The minimum Gasteiger partial charge on any atom is -0.211 e. The molecule has 0 aromatic heterocycles. The second kappa shape index (κ2) is 6.49. The molecule has 0 heterocycles. The van der Waals surface area contributed by atoms with Gasteiger partial charge < -0.3 is 0 Å². The van der Waals surface area contributed by atoms with Crippen molar-refractivity contribution in [3.8, 4) is 0 Å². The van der Waals surface area contributed by atoms with Gasteiger partial charge in [0.1, 0.15) is 16.5 Å². The van der Waals surface area contributed by atoms with E-state index < -0.39 is 26.6 Å². The van der Waals surface area contributed by atoms with Crippen molar-refractivity contribution in [1.82, 2.24) is 4.72 Å². The number of benzene rings is 1. The fourth-order valence-electron chi connectivity index (χ4n) is 2.55. The van der Waals surface area contributed by atoms with Crippen molar-refractivity contribution in [1.29, 1.82) is 0 Å². The highest BCUT2D eigenvalue weighted by atomic mass is 79.9. The fraction of sp³-hybridized carbons (Fsp3) is 0.538. The molecular formula is C13H16BrF2NO2S. The Bertz CT molecular complexity index is 563. The number of halogens is 3. The average Bonchev–Trinajstić information content (AvgIpc) is 2.79. The zero-order chi connectivity index (χ0) is 14.8. The van der Waals surface area contributed by atoms with E-state index in [4.69, 9.17) is 0 Å². The van der Waals surface area contributed by atoms with E-state index >= 15 is 0 Å². The maximum absolute atomic E-state index is 13.6. The first kappa shape index (κ1) is 15.9. The van der Waals surface area contributed by atoms with Crippen LogP contribution in [0.5, 0.6) is 0 Å². The molecule has 0 bridgehead atoms. The first-order valence-corrected chi connectivity index (χ1v) is 8.82. The van der Waals surface area contributed by atoms with Crippen LogP contribution in [0.2, 0.25) is 0 Å². The summed E-state index contributed by atoms with van der Waals surface area (Å²) in [4.78, 5) is -0.537. The molecule has 1 saturated carbocycles. The Morgan fingerprint density at radius 2 is 1.90 bits per heavy atom. The van der Waals surface area contributed by atoms with Crippen LogP contribution in [0.1, 0.15) is 32.1 Å². The molecule has 1 aliphatic rings. The molecule has 0 atom stereocenters. The molecule has 112 valence electrons. The molecule has 1 N–H and O–H groups in total. The normalized spacial score (nSPS) is 16.8. The molecule has 20 heavy (non-hydrogen) atoms. The van der Waals surface area contributed by atoms with Gasteiger partial charge >= 0.3 is 0 Å². The molecule has 2 rings (SSSR count). The van der Waals surface area contributed by atoms with E-state index in [1.807, 2.05) is 0 Å². The van der Waals surface area contributed by atoms with Crippen LogP contribution in [-0.2, 0) is 10.0 Å². The van der Waals surface area contributed by atoms with Gasteiger partial charge in [0.05, 0.1) is 0 Å². The Balaban J connectivity index is 2.06. The molecule has 7 heteroatoms. The van der Waals surface area contributed by atoms with E-state index in [2.05, 4.69) is 20.7 Å². The van der Waals surface area contributed by atoms with E-state index in [9.17, 15) is 17.2 Å². The molecule has 1 fully saturated rings. The number of hydrogen-bond acceptors (Lipinski definition) is 2. The lowest BCUT2D eigenvalue weighted by atomic mass is 10.1. The minimum absolute atomic E-state index is 0.108. The predicted molar refractivity (Wildman–Crippen MR) is 75.8 cm³/mol. The summed E-state index contributed by atoms with van der Waals surface area (Å²) in [6, 6.07) is 1.50. The number of sulfonamides is 1. The van der Waals surface area contributed by atoms with Crippen molar-refractivity contribution in [2.45, 2.75) is 37.0 Å². The van der Waals surface area contributed by atoms with E-state index in [-0.39, 0.29) is 11.0 Å². The quantitative estimate of drug-likeness (QED) is 0.864. The molecule has 0 spiro atoms. The molecular weight excluding hydrogens is 352 g/mol. The Hall–Kier alpha value is -0.530. The highest BCUT2D eigenvalue weighted by Gasteiger charge is 2.24. The zero-order valence-electron chi connectivity index (χ0n) is 10.8. The number of nitrogens with one attached hydrogen (secondary N) is 1. The minimum atomic E-state index is -3.97. The van der Waals surface area contributed by atoms with Gasteiger partial charge in [-0.25, -0.2) is 21.9 Å². The van der Waals surface area contributed by atoms with Crippen molar-refractivity contribution in [2.75, 3.05) is 6.54 Å². The van der Waals surface area contributed by atoms with Gasteiger partial charge in [0.25, 0.3) is 0 Å². The molecule has 3 nitrogen and oxygen atoms in total. The zero-order valence-corrected chi connectivity index (χ0v) is 13.2. The number of hydrogen-bond donors (Lipinski definition) is 1. The van der Waals surface area contributed by atoms with Crippen LogP contribution in [0.3, 0.4) is 0 Å². The first-order valence-electron chi connectivity index (χ1n) is 6.54. The van der Waals surface area contributed by atoms with Crippen LogP contribution in [0.4, 0.5) is 8.78 Å². The lowest BCUT2D eigenvalue weighted by Gasteiger charge is -2.12. The third kappa shape index (κ3) is 3.77. The lowest BCUT2D eigenvalue weighted by Crippen LogP contribution is -2.27. The van der Waals surface area contributed by atoms with Gasteiger partial charge in [0.15, 0.2) is 0 Å². The highest BCUT2D eigenvalue weighted by Crippen LogP contribution is 2.28. The largest absolute Gasteiger partial charge is 0.244 e. The third-order valence-corrected chi connectivity index (χ3v) is 5.98. The Kier molecular flexibility index (Phi) is 5.14. The summed E-state index contributed by atoms with van der Waals surface area (Å²) in [6.07, 6.45) is 5.37. The van der Waals surface area contributed by atoms with Gasteiger partial charge in [-0.2, -0.15) is 0 Å². The standard InChI is InChI=1S/C13H16BrF2NO2S/c14-11-7-10(15)8-12(16)13(11)20(18,19)17-6-5-9-3-1-2-4-9/h7-9,17H,1-6H2. The summed E-state index contributed by atoms with van der Waals surface area (Å²) in [5.74, 6) is -1.37. The Labute approximate surface area is 125 Å². The Morgan fingerprint density at radius 3 is 2.50 bits per heavy atom. The van der Waals surface area contributed by atoms with Gasteiger partial charge in [-0.15, -0.1) is 0 Å². The van der Waals surface area contributed by atoms with Gasteiger partial charge in [-0.3, -0.25) is 0 Å². The van der Waals surface area contributed by atoms with Gasteiger partial charge in [0, 0.05) is 17.1 Å². The number of rotatable bonds is 5. The Morgan fingerprint density at radius 1 is 1.25 bits per heavy atom. The summed E-state index contributed by atoms with van der Waals surface area (Å²) in [6.45, 7) is 0.274. The predicted octanol–water partition coefficient (Wildman–Crippen LogP) is 3.59.